The first-order chi connectivity index (χ1) is 9.30. The van der Waals surface area contributed by atoms with Crippen LogP contribution in [-0.4, -0.2) is 21.0 Å². The minimum atomic E-state index is -4.90. The zero-order chi connectivity index (χ0) is 14.9. The van der Waals surface area contributed by atoms with Crippen molar-refractivity contribution in [3.8, 4) is 11.4 Å². The fraction of sp³-hybridized carbons (Fsp3) is 0.0833. The van der Waals surface area contributed by atoms with Gasteiger partial charge in [-0.2, -0.15) is 13.2 Å². The maximum atomic E-state index is 12.8. The quantitative estimate of drug-likeness (QED) is 0.922. The zero-order valence-corrected chi connectivity index (χ0v) is 10.4. The van der Waals surface area contributed by atoms with Crippen molar-refractivity contribution in [3.63, 3.8) is 0 Å². The summed E-state index contributed by atoms with van der Waals surface area (Å²) in [7, 11) is 0. The van der Waals surface area contributed by atoms with E-state index in [2.05, 4.69) is 9.97 Å². The molecule has 104 valence electrons. The number of carboxylic acids is 1. The van der Waals surface area contributed by atoms with E-state index in [0.29, 0.717) is 6.20 Å². The van der Waals surface area contributed by atoms with E-state index in [1.54, 1.807) is 12.1 Å². The highest BCUT2D eigenvalue weighted by Crippen LogP contribution is 2.32. The summed E-state index contributed by atoms with van der Waals surface area (Å²) in [5.41, 5.74) is -2.32. The molecule has 0 saturated carbocycles. The Kier molecular flexibility index (Phi) is 3.63. The average Bonchev–Trinajstić information content (AvgIpc) is 2.37. The van der Waals surface area contributed by atoms with E-state index in [-0.39, 0.29) is 16.4 Å². The second-order valence-electron chi connectivity index (χ2n) is 3.74. The highest BCUT2D eigenvalue weighted by molar-refractivity contribution is 6.33. The van der Waals surface area contributed by atoms with Gasteiger partial charge in [0.1, 0.15) is 5.56 Å². The summed E-state index contributed by atoms with van der Waals surface area (Å²) in [5.74, 6) is -2.03. The van der Waals surface area contributed by atoms with E-state index >= 15 is 0 Å². The Morgan fingerprint density at radius 3 is 2.45 bits per heavy atom. The van der Waals surface area contributed by atoms with Crippen molar-refractivity contribution >= 4 is 17.6 Å². The molecule has 0 aliphatic heterocycles. The summed E-state index contributed by atoms with van der Waals surface area (Å²) < 4.78 is 38.5. The highest BCUT2D eigenvalue weighted by Gasteiger charge is 2.38. The number of benzene rings is 1. The summed E-state index contributed by atoms with van der Waals surface area (Å²) in [6, 6.07) is 6.07. The number of carboxylic acid groups (broad SMARTS) is 1. The third kappa shape index (κ3) is 2.72. The van der Waals surface area contributed by atoms with Crippen LogP contribution in [0.2, 0.25) is 5.02 Å². The molecule has 4 nitrogen and oxygen atoms in total. The average molecular weight is 303 g/mol. The first kappa shape index (κ1) is 14.3. The SMILES string of the molecule is O=C(O)c1cnc(-c2ccccc2Cl)nc1C(F)(F)F. The lowest BCUT2D eigenvalue weighted by atomic mass is 10.1. The molecule has 0 saturated heterocycles. The van der Waals surface area contributed by atoms with Crippen LogP contribution in [-0.2, 0) is 6.18 Å². The molecule has 1 aromatic carbocycles. The number of hydrogen-bond acceptors (Lipinski definition) is 3. The lowest BCUT2D eigenvalue weighted by Crippen LogP contribution is -2.16. The third-order valence-corrected chi connectivity index (χ3v) is 2.73. The summed E-state index contributed by atoms with van der Waals surface area (Å²) in [4.78, 5) is 17.7. The lowest BCUT2D eigenvalue weighted by molar-refractivity contribution is -0.141. The molecule has 2 rings (SSSR count). The standard InChI is InChI=1S/C12H6ClF3N2O2/c13-8-4-2-1-3-6(8)10-17-5-7(11(19)20)9(18-10)12(14,15)16/h1-5H,(H,19,20). The summed E-state index contributed by atoms with van der Waals surface area (Å²) in [6.45, 7) is 0. The van der Waals surface area contributed by atoms with Crippen LogP contribution >= 0.6 is 11.6 Å². The molecule has 0 aliphatic rings. The van der Waals surface area contributed by atoms with Gasteiger partial charge in [-0.1, -0.05) is 23.7 Å². The molecule has 0 bridgehead atoms. The first-order valence-electron chi connectivity index (χ1n) is 5.23. The molecule has 1 aromatic heterocycles. The van der Waals surface area contributed by atoms with Crippen LogP contribution in [0.5, 0.6) is 0 Å². The van der Waals surface area contributed by atoms with Gasteiger partial charge in [-0.3, -0.25) is 0 Å². The van der Waals surface area contributed by atoms with E-state index < -0.39 is 23.4 Å². The van der Waals surface area contributed by atoms with Gasteiger partial charge in [0, 0.05) is 11.8 Å². The van der Waals surface area contributed by atoms with Gasteiger partial charge in [-0.05, 0) is 12.1 Å². The molecular formula is C12H6ClF3N2O2. The fourth-order valence-corrected chi connectivity index (χ4v) is 1.75. The Labute approximate surface area is 115 Å². The Morgan fingerprint density at radius 2 is 1.90 bits per heavy atom. The summed E-state index contributed by atoms with van der Waals surface area (Å²) in [5, 5.41) is 8.91. The Balaban J connectivity index is 2.65. The number of halogens is 4. The van der Waals surface area contributed by atoms with E-state index in [1.807, 2.05) is 0 Å². The van der Waals surface area contributed by atoms with Gasteiger partial charge in [0.2, 0.25) is 0 Å². The molecule has 0 atom stereocenters. The lowest BCUT2D eigenvalue weighted by Gasteiger charge is -2.10. The molecular weight excluding hydrogens is 297 g/mol. The van der Waals surface area contributed by atoms with Crippen LogP contribution in [0.4, 0.5) is 13.2 Å². The molecule has 0 amide bonds. The van der Waals surface area contributed by atoms with Crippen LogP contribution in [0.3, 0.4) is 0 Å². The summed E-state index contributed by atoms with van der Waals surface area (Å²) in [6.07, 6.45) is -4.27. The van der Waals surface area contributed by atoms with Gasteiger partial charge < -0.3 is 5.11 Å². The maximum Gasteiger partial charge on any atom is 0.434 e. The molecule has 8 heteroatoms. The third-order valence-electron chi connectivity index (χ3n) is 2.40. The van der Waals surface area contributed by atoms with Crippen molar-refractivity contribution in [2.45, 2.75) is 6.18 Å². The van der Waals surface area contributed by atoms with Crippen molar-refractivity contribution in [3.05, 3.63) is 46.7 Å². The molecule has 0 aliphatic carbocycles. The molecule has 0 fully saturated rings. The predicted molar refractivity (Wildman–Crippen MR) is 64.4 cm³/mol. The molecule has 20 heavy (non-hydrogen) atoms. The van der Waals surface area contributed by atoms with Gasteiger partial charge in [-0.25, -0.2) is 14.8 Å². The van der Waals surface area contributed by atoms with Crippen LogP contribution in [0, 0.1) is 0 Å². The number of hydrogen-bond donors (Lipinski definition) is 1. The number of aromatic carboxylic acids is 1. The van der Waals surface area contributed by atoms with E-state index in [0.717, 1.165) is 0 Å². The van der Waals surface area contributed by atoms with E-state index in [9.17, 15) is 18.0 Å². The minimum Gasteiger partial charge on any atom is -0.478 e. The molecule has 2 aromatic rings. The monoisotopic (exact) mass is 302 g/mol. The molecule has 1 heterocycles. The van der Waals surface area contributed by atoms with Crippen molar-refractivity contribution in [2.24, 2.45) is 0 Å². The van der Waals surface area contributed by atoms with Gasteiger partial charge in [0.15, 0.2) is 11.5 Å². The van der Waals surface area contributed by atoms with E-state index in [4.69, 9.17) is 16.7 Å². The highest BCUT2D eigenvalue weighted by atomic mass is 35.5. The predicted octanol–water partition coefficient (Wildman–Crippen LogP) is 3.51. The molecule has 0 spiro atoms. The Hall–Kier alpha value is -2.15. The van der Waals surface area contributed by atoms with Gasteiger partial charge in [0.25, 0.3) is 0 Å². The fourth-order valence-electron chi connectivity index (χ4n) is 1.53. The zero-order valence-electron chi connectivity index (χ0n) is 9.65. The van der Waals surface area contributed by atoms with Crippen molar-refractivity contribution in [1.29, 1.82) is 0 Å². The van der Waals surface area contributed by atoms with Crippen molar-refractivity contribution < 1.29 is 23.1 Å². The van der Waals surface area contributed by atoms with E-state index in [1.165, 1.54) is 12.1 Å². The largest absolute Gasteiger partial charge is 0.478 e. The number of carbonyl (C=O) groups is 1. The molecule has 0 radical (unpaired) electrons. The molecule has 1 N–H and O–H groups in total. The second kappa shape index (κ2) is 5.09. The minimum absolute atomic E-state index is 0.170. The van der Waals surface area contributed by atoms with Gasteiger partial charge >= 0.3 is 12.1 Å². The smallest absolute Gasteiger partial charge is 0.434 e. The Bertz CT molecular complexity index is 674. The second-order valence-corrected chi connectivity index (χ2v) is 4.15. The normalized spacial score (nSPS) is 11.4. The van der Waals surface area contributed by atoms with Gasteiger partial charge in [0.05, 0.1) is 5.02 Å². The van der Waals surface area contributed by atoms with Gasteiger partial charge in [-0.15, -0.1) is 0 Å². The summed E-state index contributed by atoms with van der Waals surface area (Å²) >= 11 is 5.85. The molecule has 0 unspecified atom stereocenters. The van der Waals surface area contributed by atoms with Crippen molar-refractivity contribution in [2.75, 3.05) is 0 Å². The van der Waals surface area contributed by atoms with Crippen LogP contribution in [0.1, 0.15) is 16.1 Å². The van der Waals surface area contributed by atoms with Crippen LogP contribution in [0.15, 0.2) is 30.5 Å². The number of rotatable bonds is 2. The topological polar surface area (TPSA) is 63.1 Å². The maximum absolute atomic E-state index is 12.8. The number of aromatic nitrogens is 2. The van der Waals surface area contributed by atoms with Crippen LogP contribution < -0.4 is 0 Å². The Morgan fingerprint density at radius 1 is 1.25 bits per heavy atom. The number of alkyl halides is 3. The van der Waals surface area contributed by atoms with Crippen LogP contribution in [0.25, 0.3) is 11.4 Å². The number of nitrogens with zero attached hydrogens (tertiary/aromatic N) is 2. The van der Waals surface area contributed by atoms with Crippen molar-refractivity contribution in [1.82, 2.24) is 9.97 Å². The first-order valence-corrected chi connectivity index (χ1v) is 5.61.